The Morgan fingerprint density at radius 2 is 1.62 bits per heavy atom. The summed E-state index contributed by atoms with van der Waals surface area (Å²) in [5.74, 6) is 1.83. The van der Waals surface area contributed by atoms with E-state index in [4.69, 9.17) is 14.2 Å². The summed E-state index contributed by atoms with van der Waals surface area (Å²) in [5.41, 5.74) is 0.345. The topological polar surface area (TPSA) is 91.9 Å². The van der Waals surface area contributed by atoms with E-state index < -0.39 is 15.6 Å². The number of benzene rings is 2. The summed E-state index contributed by atoms with van der Waals surface area (Å²) < 4.78 is 45.3. The molecule has 0 bridgehead atoms. The van der Waals surface area contributed by atoms with Crippen molar-refractivity contribution in [3.05, 3.63) is 65.7 Å². The minimum atomic E-state index is -3.82. The van der Waals surface area contributed by atoms with Crippen molar-refractivity contribution in [2.75, 3.05) is 52.3 Å². The Bertz CT molecular complexity index is 1260. The number of nitrogens with zero attached hydrogens (tertiary/aromatic N) is 4. The molecule has 0 aliphatic carbocycles. The average molecular weight is 591 g/mol. The van der Waals surface area contributed by atoms with Crippen molar-refractivity contribution in [2.45, 2.75) is 37.8 Å². The molecule has 2 heterocycles. The van der Waals surface area contributed by atoms with Crippen LogP contribution in [0.1, 0.15) is 26.3 Å². The molecule has 2 aromatic rings. The third kappa shape index (κ3) is 8.06. The van der Waals surface area contributed by atoms with E-state index in [0.717, 1.165) is 18.7 Å². The number of sulfonamides is 1. The van der Waals surface area contributed by atoms with Gasteiger partial charge < -0.3 is 19.1 Å². The second kappa shape index (κ2) is 13.2. The highest BCUT2D eigenvalue weighted by atomic mass is 32.2. The van der Waals surface area contributed by atoms with Gasteiger partial charge in [0.2, 0.25) is 0 Å². The van der Waals surface area contributed by atoms with Crippen molar-refractivity contribution in [1.82, 2.24) is 19.2 Å². The van der Waals surface area contributed by atoms with Gasteiger partial charge in [0.05, 0.1) is 24.4 Å². The number of methoxy groups -OCH3 is 1. The lowest BCUT2D eigenvalue weighted by Crippen LogP contribution is -2.50. The Balaban J connectivity index is 1.31. The van der Waals surface area contributed by atoms with Crippen LogP contribution in [0, 0.1) is 0 Å². The van der Waals surface area contributed by atoms with Gasteiger partial charge in [-0.05, 0) is 68.1 Å². The van der Waals surface area contributed by atoms with Gasteiger partial charge in [-0.3, -0.25) is 9.91 Å². The van der Waals surface area contributed by atoms with Crippen LogP contribution in [0.3, 0.4) is 0 Å². The second-order valence-electron chi connectivity index (χ2n) is 10.5. The summed E-state index contributed by atoms with van der Waals surface area (Å²) in [4.78, 5) is 16.4. The van der Waals surface area contributed by atoms with Gasteiger partial charge in [0.15, 0.2) is 0 Å². The van der Waals surface area contributed by atoms with Gasteiger partial charge in [0, 0.05) is 38.9 Å². The summed E-state index contributed by atoms with van der Waals surface area (Å²) in [7, 11) is -2.22. The first kappa shape index (κ1) is 30.0. The van der Waals surface area contributed by atoms with E-state index in [2.05, 4.69) is 4.90 Å². The standard InChI is InChI=1S/C28H38N4O6S2/c1-28(2,3)38-27(33)30-15-13-29(14-16-30)17-19-37-25-9-11-26(12-10-25)40(34,35)32(31-18-20-39-22-31)21-23-5-7-24(36-4)8-6-23/h5-12,18,20H,13-17,19,21-22H2,1-4H3. The number of ether oxygens (including phenoxy) is 3. The first-order valence-electron chi connectivity index (χ1n) is 13.2. The van der Waals surface area contributed by atoms with Crippen molar-refractivity contribution < 1.29 is 27.4 Å². The van der Waals surface area contributed by atoms with Crippen LogP contribution >= 0.6 is 11.8 Å². The zero-order valence-corrected chi connectivity index (χ0v) is 25.1. The predicted octanol–water partition coefficient (Wildman–Crippen LogP) is 4.21. The number of rotatable bonds is 10. The molecule has 10 nitrogen and oxygen atoms in total. The quantitative estimate of drug-likeness (QED) is 0.404. The maximum Gasteiger partial charge on any atom is 0.410 e. The van der Waals surface area contributed by atoms with Crippen molar-refractivity contribution in [1.29, 1.82) is 0 Å². The molecule has 2 aliphatic rings. The smallest absolute Gasteiger partial charge is 0.410 e. The van der Waals surface area contributed by atoms with Crippen LogP contribution in [0.25, 0.3) is 0 Å². The molecule has 0 N–H and O–H groups in total. The first-order chi connectivity index (χ1) is 19.0. The van der Waals surface area contributed by atoms with Crippen LogP contribution in [0.15, 0.2) is 65.0 Å². The molecule has 2 aromatic carbocycles. The second-order valence-corrected chi connectivity index (χ2v) is 13.2. The van der Waals surface area contributed by atoms with E-state index in [1.807, 2.05) is 50.4 Å². The molecule has 1 amide bonds. The van der Waals surface area contributed by atoms with Crippen LogP contribution in [-0.2, 0) is 21.3 Å². The Kier molecular flexibility index (Phi) is 9.88. The number of carbonyl (C=O) groups is 1. The van der Waals surface area contributed by atoms with Gasteiger partial charge >= 0.3 is 6.09 Å². The zero-order chi connectivity index (χ0) is 28.8. The summed E-state index contributed by atoms with van der Waals surface area (Å²) in [6, 6.07) is 13.9. The third-order valence-corrected chi connectivity index (χ3v) is 8.89. The molecule has 1 saturated heterocycles. The molecule has 4 rings (SSSR count). The van der Waals surface area contributed by atoms with Gasteiger partial charge in [0.1, 0.15) is 23.7 Å². The van der Waals surface area contributed by atoms with E-state index >= 15 is 0 Å². The number of amides is 1. The van der Waals surface area contributed by atoms with Crippen molar-refractivity contribution in [2.24, 2.45) is 0 Å². The average Bonchev–Trinajstić information content (AvgIpc) is 3.46. The Hall–Kier alpha value is -2.93. The molecule has 40 heavy (non-hydrogen) atoms. The zero-order valence-electron chi connectivity index (χ0n) is 23.5. The molecule has 0 saturated carbocycles. The monoisotopic (exact) mass is 590 g/mol. The lowest BCUT2D eigenvalue weighted by Gasteiger charge is -2.35. The van der Waals surface area contributed by atoms with Crippen LogP contribution in [-0.4, -0.2) is 91.7 Å². The minimum absolute atomic E-state index is 0.191. The molecular formula is C28H38N4O6S2. The van der Waals surface area contributed by atoms with Gasteiger partial charge in [-0.25, -0.2) is 13.2 Å². The number of hydrazine groups is 1. The summed E-state index contributed by atoms with van der Waals surface area (Å²) in [6.45, 7) is 9.65. The fourth-order valence-corrected chi connectivity index (χ4v) is 6.41. The van der Waals surface area contributed by atoms with E-state index in [9.17, 15) is 13.2 Å². The molecule has 0 unspecified atom stereocenters. The SMILES string of the molecule is COc1ccc(CN(N2C=CSC2)S(=O)(=O)c2ccc(OCCN3CCN(C(=O)OC(C)(C)C)CC3)cc2)cc1. The first-order valence-corrected chi connectivity index (χ1v) is 15.7. The van der Waals surface area contributed by atoms with E-state index in [0.29, 0.717) is 43.6 Å². The molecule has 0 aromatic heterocycles. The normalized spacial score (nSPS) is 16.4. The van der Waals surface area contributed by atoms with E-state index in [-0.39, 0.29) is 17.5 Å². The molecule has 0 radical (unpaired) electrons. The van der Waals surface area contributed by atoms with Crippen LogP contribution in [0.4, 0.5) is 4.79 Å². The summed E-state index contributed by atoms with van der Waals surface area (Å²) in [6.07, 6.45) is 1.50. The largest absolute Gasteiger partial charge is 0.497 e. The maximum atomic E-state index is 13.7. The highest BCUT2D eigenvalue weighted by molar-refractivity contribution is 8.02. The van der Waals surface area contributed by atoms with Gasteiger partial charge in [0.25, 0.3) is 10.0 Å². The van der Waals surface area contributed by atoms with Crippen LogP contribution in [0.2, 0.25) is 0 Å². The van der Waals surface area contributed by atoms with Gasteiger partial charge in [-0.1, -0.05) is 12.1 Å². The lowest BCUT2D eigenvalue weighted by atomic mass is 10.2. The number of thioether (sulfide) groups is 1. The Labute approximate surface area is 241 Å². The fraction of sp³-hybridized carbons (Fsp3) is 0.464. The van der Waals surface area contributed by atoms with Crippen LogP contribution < -0.4 is 9.47 Å². The molecule has 2 aliphatic heterocycles. The van der Waals surface area contributed by atoms with Crippen molar-refractivity contribution in [3.63, 3.8) is 0 Å². The van der Waals surface area contributed by atoms with E-state index in [1.54, 1.807) is 47.5 Å². The van der Waals surface area contributed by atoms with Crippen molar-refractivity contribution >= 4 is 27.9 Å². The van der Waals surface area contributed by atoms with Crippen LogP contribution in [0.5, 0.6) is 11.5 Å². The fourth-order valence-electron chi connectivity index (χ4n) is 4.22. The van der Waals surface area contributed by atoms with E-state index in [1.165, 1.54) is 16.2 Å². The molecule has 0 spiro atoms. The van der Waals surface area contributed by atoms with Gasteiger partial charge in [-0.15, -0.1) is 16.2 Å². The lowest BCUT2D eigenvalue weighted by molar-refractivity contribution is 0.0137. The highest BCUT2D eigenvalue weighted by Gasteiger charge is 2.30. The number of hydrogen-bond donors (Lipinski definition) is 0. The highest BCUT2D eigenvalue weighted by Crippen LogP contribution is 2.28. The minimum Gasteiger partial charge on any atom is -0.497 e. The number of piperazine rings is 1. The molecule has 12 heteroatoms. The Morgan fingerprint density at radius 1 is 0.975 bits per heavy atom. The third-order valence-electron chi connectivity index (χ3n) is 6.40. The predicted molar refractivity (Wildman–Crippen MR) is 155 cm³/mol. The van der Waals surface area contributed by atoms with Crippen molar-refractivity contribution in [3.8, 4) is 11.5 Å². The van der Waals surface area contributed by atoms with Gasteiger partial charge in [-0.2, -0.15) is 0 Å². The molecule has 0 atom stereocenters. The number of carbonyl (C=O) groups excluding carboxylic acids is 1. The number of hydrogen-bond acceptors (Lipinski definition) is 9. The summed E-state index contributed by atoms with van der Waals surface area (Å²) in [5, 5.41) is 3.59. The maximum absolute atomic E-state index is 13.7. The summed E-state index contributed by atoms with van der Waals surface area (Å²) >= 11 is 1.53. The molecular weight excluding hydrogens is 552 g/mol. The molecule has 1 fully saturated rings. The molecule has 218 valence electrons. The Morgan fingerprint density at radius 3 is 2.20 bits per heavy atom.